The van der Waals surface area contributed by atoms with E-state index >= 15 is 0 Å². The molecule has 142 valence electrons. The van der Waals surface area contributed by atoms with Crippen LogP contribution in [-0.4, -0.2) is 41.9 Å². The number of hydrogen-bond donors (Lipinski definition) is 2. The maximum atomic E-state index is 14.6. The first-order valence-electron chi connectivity index (χ1n) is 8.52. The third-order valence-electron chi connectivity index (χ3n) is 4.65. The number of nitrogen functional groups attached to an aromatic ring is 1. The van der Waals surface area contributed by atoms with E-state index in [1.54, 1.807) is 18.3 Å². The zero-order valence-electron chi connectivity index (χ0n) is 14.5. The summed E-state index contributed by atoms with van der Waals surface area (Å²) in [6, 6.07) is 1.90. The minimum atomic E-state index is -3.14. The van der Waals surface area contributed by atoms with Crippen molar-refractivity contribution in [3.05, 3.63) is 30.2 Å². The van der Waals surface area contributed by atoms with Crippen LogP contribution in [0.4, 0.5) is 14.6 Å². The number of aliphatic hydroxyl groups excluding tert-OH is 1. The Morgan fingerprint density at radius 2 is 2.15 bits per heavy atom. The number of aliphatic hydroxyl groups is 1. The van der Waals surface area contributed by atoms with Crippen molar-refractivity contribution in [3.63, 3.8) is 0 Å². The van der Waals surface area contributed by atoms with Crippen molar-refractivity contribution in [1.82, 2.24) is 24.7 Å². The molecule has 3 aromatic rings. The highest BCUT2D eigenvalue weighted by Crippen LogP contribution is 2.44. The first kappa shape index (κ1) is 17.5. The summed E-state index contributed by atoms with van der Waals surface area (Å²) in [6.07, 6.45) is 1.60. The van der Waals surface area contributed by atoms with Crippen molar-refractivity contribution in [2.24, 2.45) is 0 Å². The molecular formula is C17H18F2N6O2. The summed E-state index contributed by atoms with van der Waals surface area (Å²) in [5, 5.41) is 14.6. The van der Waals surface area contributed by atoms with Gasteiger partial charge in [-0.15, -0.1) is 5.10 Å². The molecule has 0 saturated heterocycles. The van der Waals surface area contributed by atoms with Gasteiger partial charge < -0.3 is 15.6 Å². The molecule has 0 radical (unpaired) electrons. The van der Waals surface area contributed by atoms with Gasteiger partial charge in [-0.25, -0.2) is 28.4 Å². The molecule has 1 aliphatic rings. The molecule has 3 N–H and O–H groups in total. The van der Waals surface area contributed by atoms with E-state index in [-0.39, 0.29) is 47.9 Å². The fraction of sp³-hybridized carbons (Fsp3) is 0.412. The normalized spacial score (nSPS) is 22.1. The van der Waals surface area contributed by atoms with Gasteiger partial charge in [0, 0.05) is 18.7 Å². The SMILES string of the molecule is Cc1ccnc(Oc2nn(C3C(O)CCCC3(F)F)c3ncnc(N)c23)c1. The lowest BCUT2D eigenvalue weighted by Gasteiger charge is -2.35. The first-order valence-corrected chi connectivity index (χ1v) is 8.52. The molecule has 4 rings (SSSR count). The average Bonchev–Trinajstić information content (AvgIpc) is 2.93. The fourth-order valence-corrected chi connectivity index (χ4v) is 3.37. The van der Waals surface area contributed by atoms with Crippen LogP contribution in [-0.2, 0) is 0 Å². The maximum Gasteiger partial charge on any atom is 0.272 e. The van der Waals surface area contributed by atoms with Crippen LogP contribution in [0, 0.1) is 6.92 Å². The van der Waals surface area contributed by atoms with Gasteiger partial charge in [0.1, 0.15) is 23.6 Å². The zero-order chi connectivity index (χ0) is 19.2. The van der Waals surface area contributed by atoms with Crippen LogP contribution in [0.25, 0.3) is 11.0 Å². The fourth-order valence-electron chi connectivity index (χ4n) is 3.37. The Kier molecular flexibility index (Phi) is 4.14. The highest BCUT2D eigenvalue weighted by molar-refractivity contribution is 5.90. The summed E-state index contributed by atoms with van der Waals surface area (Å²) in [4.78, 5) is 12.1. The number of alkyl halides is 2. The minimum Gasteiger partial charge on any atom is -0.418 e. The minimum absolute atomic E-state index is 0.0326. The van der Waals surface area contributed by atoms with E-state index in [0.29, 0.717) is 0 Å². The number of halogens is 2. The topological polar surface area (TPSA) is 112 Å². The van der Waals surface area contributed by atoms with Crippen LogP contribution < -0.4 is 10.5 Å². The van der Waals surface area contributed by atoms with E-state index in [1.165, 1.54) is 0 Å². The van der Waals surface area contributed by atoms with Crippen molar-refractivity contribution in [2.45, 2.75) is 44.3 Å². The van der Waals surface area contributed by atoms with Crippen LogP contribution in [0.5, 0.6) is 11.8 Å². The average molecular weight is 376 g/mol. The maximum absolute atomic E-state index is 14.6. The van der Waals surface area contributed by atoms with E-state index in [4.69, 9.17) is 10.5 Å². The second kappa shape index (κ2) is 6.38. The Balaban J connectivity index is 1.86. The molecule has 2 unspecified atom stereocenters. The quantitative estimate of drug-likeness (QED) is 0.722. The number of nitrogens with two attached hydrogens (primary N) is 1. The third kappa shape index (κ3) is 3.05. The van der Waals surface area contributed by atoms with Gasteiger partial charge in [-0.3, -0.25) is 0 Å². The second-order valence-electron chi connectivity index (χ2n) is 6.65. The number of pyridine rings is 1. The second-order valence-corrected chi connectivity index (χ2v) is 6.65. The molecule has 0 spiro atoms. The number of nitrogens with zero attached hydrogens (tertiary/aromatic N) is 5. The Hall–Kier alpha value is -2.88. The predicted molar refractivity (Wildman–Crippen MR) is 92.6 cm³/mol. The molecule has 8 nitrogen and oxygen atoms in total. The van der Waals surface area contributed by atoms with Crippen molar-refractivity contribution in [3.8, 4) is 11.8 Å². The lowest BCUT2D eigenvalue weighted by atomic mass is 9.89. The summed E-state index contributed by atoms with van der Waals surface area (Å²) >= 11 is 0. The highest BCUT2D eigenvalue weighted by Gasteiger charge is 2.49. The molecular weight excluding hydrogens is 358 g/mol. The monoisotopic (exact) mass is 376 g/mol. The van der Waals surface area contributed by atoms with Crippen LogP contribution in [0.1, 0.15) is 30.9 Å². The molecule has 0 aromatic carbocycles. The van der Waals surface area contributed by atoms with E-state index in [9.17, 15) is 13.9 Å². The van der Waals surface area contributed by atoms with Crippen LogP contribution in [0.15, 0.2) is 24.7 Å². The summed E-state index contributed by atoms with van der Waals surface area (Å²) < 4.78 is 35.8. The molecule has 3 aromatic heterocycles. The molecule has 1 aliphatic carbocycles. The molecule has 1 saturated carbocycles. The predicted octanol–water partition coefficient (Wildman–Crippen LogP) is 2.63. The molecule has 0 amide bonds. The van der Waals surface area contributed by atoms with E-state index in [2.05, 4.69) is 20.1 Å². The Labute approximate surface area is 153 Å². The van der Waals surface area contributed by atoms with Gasteiger partial charge in [0.05, 0.1) is 6.10 Å². The summed E-state index contributed by atoms with van der Waals surface area (Å²) in [5.41, 5.74) is 6.92. The van der Waals surface area contributed by atoms with Gasteiger partial charge in [0.2, 0.25) is 5.88 Å². The Bertz CT molecular complexity index is 993. The van der Waals surface area contributed by atoms with Gasteiger partial charge in [0.15, 0.2) is 5.65 Å². The smallest absolute Gasteiger partial charge is 0.272 e. The van der Waals surface area contributed by atoms with Gasteiger partial charge >= 0.3 is 0 Å². The highest BCUT2D eigenvalue weighted by atomic mass is 19.3. The number of hydrogen-bond acceptors (Lipinski definition) is 7. The molecule has 0 bridgehead atoms. The van der Waals surface area contributed by atoms with Crippen molar-refractivity contribution < 1.29 is 18.6 Å². The van der Waals surface area contributed by atoms with E-state index in [0.717, 1.165) is 16.6 Å². The summed E-state index contributed by atoms with van der Waals surface area (Å²) in [5.74, 6) is -2.90. The van der Waals surface area contributed by atoms with Crippen molar-refractivity contribution >= 4 is 16.9 Å². The molecule has 0 aliphatic heterocycles. The molecule has 2 atom stereocenters. The van der Waals surface area contributed by atoms with Gasteiger partial charge in [-0.2, -0.15) is 0 Å². The third-order valence-corrected chi connectivity index (χ3v) is 4.65. The Morgan fingerprint density at radius 3 is 2.89 bits per heavy atom. The van der Waals surface area contributed by atoms with Gasteiger partial charge in [0.25, 0.3) is 11.8 Å². The number of ether oxygens (including phenoxy) is 1. The number of aromatic nitrogens is 5. The molecule has 1 fully saturated rings. The summed E-state index contributed by atoms with van der Waals surface area (Å²) in [7, 11) is 0. The standard InChI is InChI=1S/C17H18F2N6O2/c1-9-4-6-21-11(7-9)27-16-12-14(20)22-8-23-15(12)25(24-16)13-10(26)3-2-5-17(13,18)19/h4,6-8,10,13,26H,2-3,5H2,1H3,(H2,20,22,23). The lowest BCUT2D eigenvalue weighted by Crippen LogP contribution is -2.43. The van der Waals surface area contributed by atoms with Gasteiger partial charge in [-0.05, 0) is 31.4 Å². The van der Waals surface area contributed by atoms with E-state index < -0.39 is 18.1 Å². The van der Waals surface area contributed by atoms with Gasteiger partial charge in [-0.1, -0.05) is 0 Å². The van der Waals surface area contributed by atoms with Crippen molar-refractivity contribution in [1.29, 1.82) is 0 Å². The number of anilines is 1. The van der Waals surface area contributed by atoms with Crippen molar-refractivity contribution in [2.75, 3.05) is 5.73 Å². The first-order chi connectivity index (χ1) is 12.9. The lowest BCUT2D eigenvalue weighted by molar-refractivity contribution is -0.127. The van der Waals surface area contributed by atoms with E-state index in [1.807, 2.05) is 6.92 Å². The zero-order valence-corrected chi connectivity index (χ0v) is 14.5. The largest absolute Gasteiger partial charge is 0.418 e. The Morgan fingerprint density at radius 1 is 1.33 bits per heavy atom. The molecule has 27 heavy (non-hydrogen) atoms. The molecule has 10 heteroatoms. The summed E-state index contributed by atoms with van der Waals surface area (Å²) in [6.45, 7) is 1.86. The number of fused-ring (bicyclic) bond motifs is 1. The number of aryl methyl sites for hydroxylation is 1. The van der Waals surface area contributed by atoms with Crippen LogP contribution in [0.2, 0.25) is 0 Å². The van der Waals surface area contributed by atoms with Crippen LogP contribution in [0.3, 0.4) is 0 Å². The molecule has 3 heterocycles. The number of rotatable bonds is 3. The van der Waals surface area contributed by atoms with Crippen LogP contribution >= 0.6 is 0 Å².